The van der Waals surface area contributed by atoms with Gasteiger partial charge < -0.3 is 10.6 Å². The van der Waals surface area contributed by atoms with E-state index in [1.54, 1.807) is 10.9 Å². The molecular weight excluding hydrogens is 204 g/mol. The van der Waals surface area contributed by atoms with E-state index in [9.17, 15) is 4.79 Å². The summed E-state index contributed by atoms with van der Waals surface area (Å²) in [5.41, 5.74) is 6.68. The lowest BCUT2D eigenvalue weighted by Gasteiger charge is -2.19. The van der Waals surface area contributed by atoms with Gasteiger partial charge in [0.05, 0.1) is 5.69 Å². The van der Waals surface area contributed by atoms with Gasteiger partial charge in [-0.05, 0) is 26.7 Å². The number of carbonyl (C=O) groups excluding carboxylic acids is 1. The number of carbonyl (C=O) groups is 1. The normalized spacial score (nSPS) is 15.1. The quantitative estimate of drug-likeness (QED) is 0.830. The van der Waals surface area contributed by atoms with Gasteiger partial charge in [-0.15, -0.1) is 0 Å². The molecule has 0 aliphatic heterocycles. The van der Waals surface area contributed by atoms with Crippen LogP contribution in [0.25, 0.3) is 0 Å². The zero-order valence-electron chi connectivity index (χ0n) is 9.81. The zero-order valence-corrected chi connectivity index (χ0v) is 9.81. The number of nitrogen functional groups attached to an aromatic ring is 1. The largest absolute Gasteiger partial charge is 0.396 e. The molecule has 0 bridgehead atoms. The second-order valence-corrected chi connectivity index (χ2v) is 4.11. The van der Waals surface area contributed by atoms with Crippen LogP contribution < -0.4 is 5.73 Å². The fraction of sp³-hybridized carbons (Fsp3) is 0.636. The maximum Gasteiger partial charge on any atom is 0.276 e. The van der Waals surface area contributed by atoms with E-state index in [0.29, 0.717) is 17.4 Å². The minimum absolute atomic E-state index is 0.0327. The minimum Gasteiger partial charge on any atom is -0.396 e. The maximum absolute atomic E-state index is 12.2. The molecule has 5 nitrogen and oxygen atoms in total. The molecule has 5 heteroatoms. The summed E-state index contributed by atoms with van der Waals surface area (Å²) >= 11 is 0. The predicted octanol–water partition coefficient (Wildman–Crippen LogP) is 1.11. The molecule has 88 valence electrons. The van der Waals surface area contributed by atoms with Crippen LogP contribution in [-0.4, -0.2) is 33.2 Å². The zero-order chi connectivity index (χ0) is 11.7. The van der Waals surface area contributed by atoms with Crippen molar-refractivity contribution in [2.45, 2.75) is 39.3 Å². The Morgan fingerprint density at radius 3 is 2.75 bits per heavy atom. The van der Waals surface area contributed by atoms with Crippen molar-refractivity contribution in [1.29, 1.82) is 0 Å². The van der Waals surface area contributed by atoms with Gasteiger partial charge in [-0.1, -0.05) is 0 Å². The van der Waals surface area contributed by atoms with Crippen molar-refractivity contribution in [2.75, 3.05) is 12.3 Å². The van der Waals surface area contributed by atoms with Gasteiger partial charge in [0, 0.05) is 25.3 Å². The third kappa shape index (κ3) is 1.89. The van der Waals surface area contributed by atoms with Crippen LogP contribution in [0.15, 0.2) is 6.20 Å². The third-order valence-corrected chi connectivity index (χ3v) is 2.91. The monoisotopic (exact) mass is 222 g/mol. The molecular formula is C11H18N4O. The van der Waals surface area contributed by atoms with Crippen molar-refractivity contribution in [3.8, 4) is 0 Å². The van der Waals surface area contributed by atoms with Gasteiger partial charge in [-0.3, -0.25) is 9.48 Å². The smallest absolute Gasteiger partial charge is 0.276 e. The standard InChI is InChI=1S/C11H18N4O/c1-3-14-7-9(12)10(13-14)11(16)15(4-2)8-5-6-8/h7-8H,3-6,12H2,1-2H3. The van der Waals surface area contributed by atoms with Crippen molar-refractivity contribution >= 4 is 11.6 Å². The molecule has 0 spiro atoms. The maximum atomic E-state index is 12.2. The van der Waals surface area contributed by atoms with Crippen LogP contribution in [0.4, 0.5) is 5.69 Å². The lowest BCUT2D eigenvalue weighted by Crippen LogP contribution is -2.33. The molecule has 0 unspecified atom stereocenters. The molecule has 1 aliphatic rings. The second-order valence-electron chi connectivity index (χ2n) is 4.11. The Bertz CT molecular complexity index is 395. The first-order valence-electron chi connectivity index (χ1n) is 5.81. The number of hydrogen-bond donors (Lipinski definition) is 1. The summed E-state index contributed by atoms with van der Waals surface area (Å²) in [6.07, 6.45) is 3.93. The SMILES string of the molecule is CCN(C(=O)c1nn(CC)cc1N)C1CC1. The Labute approximate surface area is 95.2 Å². The molecule has 1 heterocycles. The van der Waals surface area contributed by atoms with Crippen LogP contribution in [0.2, 0.25) is 0 Å². The average Bonchev–Trinajstić information content (AvgIpc) is 3.02. The number of nitrogens with zero attached hydrogens (tertiary/aromatic N) is 3. The highest BCUT2D eigenvalue weighted by Gasteiger charge is 2.33. The van der Waals surface area contributed by atoms with Crippen molar-refractivity contribution in [2.24, 2.45) is 0 Å². The first-order valence-corrected chi connectivity index (χ1v) is 5.81. The van der Waals surface area contributed by atoms with Crippen LogP contribution in [-0.2, 0) is 6.54 Å². The number of anilines is 1. The minimum atomic E-state index is -0.0327. The van der Waals surface area contributed by atoms with Gasteiger partial charge >= 0.3 is 0 Å². The fourth-order valence-corrected chi connectivity index (χ4v) is 1.85. The summed E-state index contributed by atoms with van der Waals surface area (Å²) in [6, 6.07) is 0.406. The summed E-state index contributed by atoms with van der Waals surface area (Å²) in [4.78, 5) is 14.0. The van der Waals surface area contributed by atoms with Gasteiger partial charge in [0.2, 0.25) is 0 Å². The van der Waals surface area contributed by atoms with E-state index in [2.05, 4.69) is 5.10 Å². The predicted molar refractivity (Wildman–Crippen MR) is 62.0 cm³/mol. The molecule has 1 fully saturated rings. The first-order chi connectivity index (χ1) is 7.67. The Morgan fingerprint density at radius 1 is 1.62 bits per heavy atom. The van der Waals surface area contributed by atoms with Crippen LogP contribution in [0.5, 0.6) is 0 Å². The molecule has 0 radical (unpaired) electrons. The van der Waals surface area contributed by atoms with E-state index in [-0.39, 0.29) is 5.91 Å². The summed E-state index contributed by atoms with van der Waals surface area (Å²) in [6.45, 7) is 5.41. The van der Waals surface area contributed by atoms with Crippen molar-refractivity contribution in [3.63, 3.8) is 0 Å². The molecule has 1 aromatic heterocycles. The van der Waals surface area contributed by atoms with Gasteiger partial charge in [0.1, 0.15) is 0 Å². The molecule has 2 N–H and O–H groups in total. The third-order valence-electron chi connectivity index (χ3n) is 2.91. The Kier molecular flexibility index (Phi) is 2.85. The lowest BCUT2D eigenvalue weighted by atomic mass is 10.3. The van der Waals surface area contributed by atoms with Gasteiger partial charge in [-0.2, -0.15) is 5.10 Å². The molecule has 0 aromatic carbocycles. The summed E-state index contributed by atoms with van der Waals surface area (Å²) in [7, 11) is 0. The highest BCUT2D eigenvalue weighted by molar-refractivity contribution is 5.97. The highest BCUT2D eigenvalue weighted by Crippen LogP contribution is 2.28. The Morgan fingerprint density at radius 2 is 2.31 bits per heavy atom. The molecule has 1 amide bonds. The average molecular weight is 222 g/mol. The van der Waals surface area contributed by atoms with Crippen LogP contribution >= 0.6 is 0 Å². The number of aryl methyl sites for hydroxylation is 1. The summed E-state index contributed by atoms with van der Waals surface area (Å²) in [5, 5.41) is 4.21. The second kappa shape index (κ2) is 4.15. The van der Waals surface area contributed by atoms with E-state index in [4.69, 9.17) is 5.73 Å². The van der Waals surface area contributed by atoms with E-state index in [1.165, 1.54) is 0 Å². The Hall–Kier alpha value is -1.52. The van der Waals surface area contributed by atoms with Crippen molar-refractivity contribution in [1.82, 2.24) is 14.7 Å². The number of hydrogen-bond acceptors (Lipinski definition) is 3. The van der Waals surface area contributed by atoms with Crippen LogP contribution in [0.1, 0.15) is 37.2 Å². The van der Waals surface area contributed by atoms with E-state index in [1.807, 2.05) is 18.7 Å². The summed E-state index contributed by atoms with van der Waals surface area (Å²) < 4.78 is 1.70. The molecule has 1 aromatic rings. The van der Waals surface area contributed by atoms with Crippen molar-refractivity contribution in [3.05, 3.63) is 11.9 Å². The highest BCUT2D eigenvalue weighted by atomic mass is 16.2. The summed E-state index contributed by atoms with van der Waals surface area (Å²) in [5.74, 6) is -0.0327. The Balaban J connectivity index is 2.21. The van der Waals surface area contributed by atoms with E-state index in [0.717, 1.165) is 25.9 Å². The fourth-order valence-electron chi connectivity index (χ4n) is 1.85. The van der Waals surface area contributed by atoms with Crippen LogP contribution in [0, 0.1) is 0 Å². The topological polar surface area (TPSA) is 64.2 Å². The number of rotatable bonds is 4. The van der Waals surface area contributed by atoms with Gasteiger partial charge in [0.15, 0.2) is 5.69 Å². The molecule has 0 atom stereocenters. The van der Waals surface area contributed by atoms with Crippen LogP contribution in [0.3, 0.4) is 0 Å². The number of amides is 1. The van der Waals surface area contributed by atoms with Gasteiger partial charge in [0.25, 0.3) is 5.91 Å². The molecule has 16 heavy (non-hydrogen) atoms. The number of nitrogens with two attached hydrogens (primary N) is 1. The van der Waals surface area contributed by atoms with E-state index >= 15 is 0 Å². The van der Waals surface area contributed by atoms with E-state index < -0.39 is 0 Å². The molecule has 1 aliphatic carbocycles. The number of aromatic nitrogens is 2. The van der Waals surface area contributed by atoms with Crippen molar-refractivity contribution < 1.29 is 4.79 Å². The molecule has 2 rings (SSSR count). The molecule has 0 saturated heterocycles. The first kappa shape index (κ1) is 11.0. The lowest BCUT2D eigenvalue weighted by molar-refractivity contribution is 0.0746. The molecule has 1 saturated carbocycles. The van der Waals surface area contributed by atoms with Gasteiger partial charge in [-0.25, -0.2) is 0 Å².